The number of rotatable bonds is 7. The number of benzene rings is 2. The Bertz CT molecular complexity index is 965. The molecule has 1 aromatic heterocycles. The van der Waals surface area contributed by atoms with Crippen molar-refractivity contribution in [2.45, 2.75) is 32.8 Å². The highest BCUT2D eigenvalue weighted by Gasteiger charge is 2.20. The lowest BCUT2D eigenvalue weighted by molar-refractivity contribution is -0.146. The second-order valence-electron chi connectivity index (χ2n) is 6.37. The molecule has 7 heteroatoms. The number of halogens is 1. The van der Waals surface area contributed by atoms with Crippen molar-refractivity contribution >= 4 is 23.4 Å². The van der Waals surface area contributed by atoms with Crippen LogP contribution in [0, 0.1) is 6.92 Å². The predicted molar refractivity (Wildman–Crippen MR) is 104 cm³/mol. The van der Waals surface area contributed by atoms with E-state index in [1.807, 2.05) is 31.2 Å². The molecule has 0 aliphatic carbocycles. The highest BCUT2D eigenvalue weighted by molar-refractivity contribution is 6.30. The van der Waals surface area contributed by atoms with Crippen LogP contribution in [0.2, 0.25) is 5.02 Å². The lowest BCUT2D eigenvalue weighted by atomic mass is 10.1. The standard InChI is InChI=1S/C21H19ClN2O4/c1-13-3-5-16(6-4-13)21-24-23-18(28-21)11-12-19(25)27-14(2)20(26)15-7-9-17(22)10-8-15/h3-10,14H,11-12H2,1-2H3. The van der Waals surface area contributed by atoms with Gasteiger partial charge in [0.25, 0.3) is 0 Å². The topological polar surface area (TPSA) is 82.3 Å². The summed E-state index contributed by atoms with van der Waals surface area (Å²) < 4.78 is 10.8. The van der Waals surface area contributed by atoms with Crippen LogP contribution >= 0.6 is 11.6 Å². The molecule has 1 unspecified atom stereocenters. The summed E-state index contributed by atoms with van der Waals surface area (Å²) in [7, 11) is 0. The minimum atomic E-state index is -0.889. The number of Topliss-reactive ketones (excluding diaryl/α,β-unsaturated/α-hetero) is 1. The Kier molecular flexibility index (Phi) is 6.21. The van der Waals surface area contributed by atoms with Gasteiger partial charge in [-0.2, -0.15) is 0 Å². The molecule has 0 saturated heterocycles. The number of ketones is 1. The number of esters is 1. The van der Waals surface area contributed by atoms with E-state index in [1.54, 1.807) is 24.3 Å². The van der Waals surface area contributed by atoms with Crippen molar-refractivity contribution in [2.24, 2.45) is 0 Å². The summed E-state index contributed by atoms with van der Waals surface area (Å²) in [6.07, 6.45) is -0.618. The fourth-order valence-corrected chi connectivity index (χ4v) is 2.66. The van der Waals surface area contributed by atoms with E-state index in [2.05, 4.69) is 10.2 Å². The highest BCUT2D eigenvalue weighted by atomic mass is 35.5. The molecule has 144 valence electrons. The van der Waals surface area contributed by atoms with Crippen molar-refractivity contribution in [1.29, 1.82) is 0 Å². The number of aryl methyl sites for hydroxylation is 2. The van der Waals surface area contributed by atoms with Crippen molar-refractivity contribution in [3.05, 3.63) is 70.6 Å². The zero-order chi connectivity index (χ0) is 20.1. The molecule has 0 bridgehead atoms. The maximum absolute atomic E-state index is 12.3. The maximum atomic E-state index is 12.3. The molecule has 0 aliphatic heterocycles. The number of carbonyl (C=O) groups is 2. The minimum absolute atomic E-state index is 0.0355. The Morgan fingerprint density at radius 3 is 2.43 bits per heavy atom. The van der Waals surface area contributed by atoms with Gasteiger partial charge in [-0.3, -0.25) is 9.59 Å². The van der Waals surface area contributed by atoms with Gasteiger partial charge in [0, 0.05) is 22.6 Å². The number of carbonyl (C=O) groups excluding carboxylic acids is 2. The van der Waals surface area contributed by atoms with E-state index in [0.717, 1.165) is 11.1 Å². The average Bonchev–Trinajstić information content (AvgIpc) is 3.16. The summed E-state index contributed by atoms with van der Waals surface area (Å²) in [5.41, 5.74) is 2.38. The number of ether oxygens (including phenoxy) is 1. The van der Waals surface area contributed by atoms with Crippen LogP contribution in [-0.2, 0) is 16.0 Å². The molecule has 0 aliphatic rings. The molecule has 3 aromatic rings. The van der Waals surface area contributed by atoms with Crippen molar-refractivity contribution in [3.63, 3.8) is 0 Å². The molecular weight excluding hydrogens is 380 g/mol. The second-order valence-corrected chi connectivity index (χ2v) is 6.81. The summed E-state index contributed by atoms with van der Waals surface area (Å²) in [4.78, 5) is 24.3. The molecule has 1 atom stereocenters. The predicted octanol–water partition coefficient (Wildman–Crippen LogP) is 4.45. The molecular formula is C21H19ClN2O4. The fourth-order valence-electron chi connectivity index (χ4n) is 2.53. The maximum Gasteiger partial charge on any atom is 0.307 e. The lowest BCUT2D eigenvalue weighted by Crippen LogP contribution is -2.24. The Hall–Kier alpha value is -2.99. The average molecular weight is 399 g/mol. The molecule has 1 heterocycles. The summed E-state index contributed by atoms with van der Waals surface area (Å²) in [6.45, 7) is 3.53. The van der Waals surface area contributed by atoms with Gasteiger partial charge >= 0.3 is 5.97 Å². The quantitative estimate of drug-likeness (QED) is 0.432. The smallest absolute Gasteiger partial charge is 0.307 e. The highest BCUT2D eigenvalue weighted by Crippen LogP contribution is 2.19. The van der Waals surface area contributed by atoms with E-state index in [9.17, 15) is 9.59 Å². The van der Waals surface area contributed by atoms with Gasteiger partial charge in [-0.05, 0) is 50.2 Å². The van der Waals surface area contributed by atoms with Crippen LogP contribution in [0.5, 0.6) is 0 Å². The normalized spacial score (nSPS) is 11.8. The van der Waals surface area contributed by atoms with Gasteiger partial charge in [0.05, 0.1) is 6.42 Å². The van der Waals surface area contributed by atoms with Crippen molar-refractivity contribution in [1.82, 2.24) is 10.2 Å². The zero-order valence-corrected chi connectivity index (χ0v) is 16.3. The third kappa shape index (κ3) is 5.04. The molecule has 6 nitrogen and oxygen atoms in total. The molecule has 0 fully saturated rings. The molecule has 28 heavy (non-hydrogen) atoms. The number of nitrogens with zero attached hydrogens (tertiary/aromatic N) is 2. The monoisotopic (exact) mass is 398 g/mol. The first-order valence-corrected chi connectivity index (χ1v) is 9.19. The Labute approximate surface area is 167 Å². The SMILES string of the molecule is Cc1ccc(-c2nnc(CCC(=O)OC(C)C(=O)c3ccc(Cl)cc3)o2)cc1. The first-order valence-electron chi connectivity index (χ1n) is 8.81. The third-order valence-corrected chi connectivity index (χ3v) is 4.37. The van der Waals surface area contributed by atoms with Gasteiger partial charge in [-0.1, -0.05) is 29.3 Å². The first kappa shape index (κ1) is 19.8. The fraction of sp³-hybridized carbons (Fsp3) is 0.238. The van der Waals surface area contributed by atoms with Crippen molar-refractivity contribution in [3.8, 4) is 11.5 Å². The lowest BCUT2D eigenvalue weighted by Gasteiger charge is -2.12. The Morgan fingerprint density at radius 2 is 1.75 bits per heavy atom. The molecule has 0 saturated carbocycles. The van der Waals surface area contributed by atoms with E-state index in [-0.39, 0.29) is 18.6 Å². The van der Waals surface area contributed by atoms with Gasteiger partial charge in [-0.25, -0.2) is 0 Å². The van der Waals surface area contributed by atoms with Crippen LogP contribution in [0.4, 0.5) is 0 Å². The number of aromatic nitrogens is 2. The summed E-state index contributed by atoms with van der Waals surface area (Å²) >= 11 is 5.81. The van der Waals surface area contributed by atoms with Crippen LogP contribution in [0.3, 0.4) is 0 Å². The van der Waals surface area contributed by atoms with Gasteiger partial charge in [0.2, 0.25) is 17.6 Å². The number of hydrogen-bond donors (Lipinski definition) is 0. The summed E-state index contributed by atoms with van der Waals surface area (Å²) in [6, 6.07) is 14.1. The van der Waals surface area contributed by atoms with Gasteiger partial charge in [-0.15, -0.1) is 10.2 Å². The molecule has 2 aromatic carbocycles. The number of hydrogen-bond acceptors (Lipinski definition) is 6. The van der Waals surface area contributed by atoms with E-state index < -0.39 is 12.1 Å². The van der Waals surface area contributed by atoms with E-state index in [4.69, 9.17) is 20.8 Å². The van der Waals surface area contributed by atoms with Crippen molar-refractivity contribution in [2.75, 3.05) is 0 Å². The molecule has 0 N–H and O–H groups in total. The van der Waals surface area contributed by atoms with Crippen LogP contribution in [-0.4, -0.2) is 28.1 Å². The molecule has 0 amide bonds. The summed E-state index contributed by atoms with van der Waals surface area (Å²) in [5.74, 6) is -0.0618. The molecule has 0 spiro atoms. The minimum Gasteiger partial charge on any atom is -0.454 e. The van der Waals surface area contributed by atoms with Crippen LogP contribution < -0.4 is 0 Å². The largest absolute Gasteiger partial charge is 0.454 e. The Balaban J connectivity index is 1.52. The zero-order valence-electron chi connectivity index (χ0n) is 15.5. The molecule has 3 rings (SSSR count). The van der Waals surface area contributed by atoms with Crippen LogP contribution in [0.15, 0.2) is 52.9 Å². The van der Waals surface area contributed by atoms with E-state index >= 15 is 0 Å². The van der Waals surface area contributed by atoms with E-state index in [1.165, 1.54) is 6.92 Å². The first-order chi connectivity index (χ1) is 13.4. The van der Waals surface area contributed by atoms with Gasteiger partial charge < -0.3 is 9.15 Å². The van der Waals surface area contributed by atoms with Gasteiger partial charge in [0.1, 0.15) is 0 Å². The summed E-state index contributed by atoms with van der Waals surface area (Å²) in [5, 5.41) is 8.48. The van der Waals surface area contributed by atoms with Gasteiger partial charge in [0.15, 0.2) is 6.10 Å². The third-order valence-electron chi connectivity index (χ3n) is 4.11. The molecule has 0 radical (unpaired) electrons. The van der Waals surface area contributed by atoms with E-state index in [0.29, 0.717) is 22.4 Å². The van der Waals surface area contributed by atoms with Crippen LogP contribution in [0.1, 0.15) is 35.2 Å². The second kappa shape index (κ2) is 8.80. The Morgan fingerprint density at radius 1 is 1.07 bits per heavy atom. The van der Waals surface area contributed by atoms with Crippen LogP contribution in [0.25, 0.3) is 11.5 Å². The van der Waals surface area contributed by atoms with Crippen molar-refractivity contribution < 1.29 is 18.7 Å².